The third-order valence-electron chi connectivity index (χ3n) is 1.43. The maximum absolute atomic E-state index is 5.35. The molecule has 0 aliphatic rings. The van der Waals surface area contributed by atoms with E-state index in [0.717, 1.165) is 13.1 Å². The second-order valence-electron chi connectivity index (χ2n) is 2.96. The molecule has 0 atom stereocenters. The van der Waals surface area contributed by atoms with Crippen LogP contribution in [0.3, 0.4) is 0 Å². The normalized spacial score (nSPS) is 10.8. The Bertz CT molecular complexity index is 62.3. The first kappa shape index (κ1) is 9.92. The first-order valence-electron chi connectivity index (χ1n) is 4.21. The molecule has 0 saturated carbocycles. The Labute approximate surface area is 64.2 Å². The Hall–Kier alpha value is -0.0800. The van der Waals surface area contributed by atoms with Gasteiger partial charge in [0.15, 0.2) is 0 Å². The van der Waals surface area contributed by atoms with Crippen LogP contribution >= 0.6 is 0 Å². The molecule has 0 aromatic carbocycles. The summed E-state index contributed by atoms with van der Waals surface area (Å²) >= 11 is 0. The quantitative estimate of drug-likeness (QED) is 0.548. The predicted molar refractivity (Wildman–Crippen MR) is 46.0 cm³/mol. The summed E-state index contributed by atoms with van der Waals surface area (Å²) in [6.45, 7) is 6.31. The van der Waals surface area contributed by atoms with E-state index in [0.29, 0.717) is 6.04 Å². The second kappa shape index (κ2) is 7.03. The molecule has 3 N–H and O–H groups in total. The van der Waals surface area contributed by atoms with E-state index in [9.17, 15) is 0 Å². The van der Waals surface area contributed by atoms with Crippen molar-refractivity contribution in [1.82, 2.24) is 5.32 Å². The van der Waals surface area contributed by atoms with Crippen molar-refractivity contribution in [3.8, 4) is 0 Å². The van der Waals surface area contributed by atoms with E-state index in [-0.39, 0.29) is 0 Å². The molecule has 62 valence electrons. The smallest absolute Gasteiger partial charge is 0.00103 e. The SMILES string of the molecule is CC(C)NCCCCCN. The van der Waals surface area contributed by atoms with E-state index in [4.69, 9.17) is 5.73 Å². The van der Waals surface area contributed by atoms with Gasteiger partial charge in [-0.25, -0.2) is 0 Å². The maximum atomic E-state index is 5.35. The van der Waals surface area contributed by atoms with Crippen LogP contribution in [0.1, 0.15) is 33.1 Å². The largest absolute Gasteiger partial charge is 0.330 e. The first-order valence-corrected chi connectivity index (χ1v) is 4.21. The second-order valence-corrected chi connectivity index (χ2v) is 2.96. The molecule has 0 bridgehead atoms. The molecule has 0 amide bonds. The Kier molecular flexibility index (Phi) is 6.98. The Balaban J connectivity index is 2.77. The summed E-state index contributed by atoms with van der Waals surface area (Å²) < 4.78 is 0. The van der Waals surface area contributed by atoms with E-state index in [1.54, 1.807) is 0 Å². The fourth-order valence-electron chi connectivity index (χ4n) is 0.837. The number of rotatable bonds is 6. The van der Waals surface area contributed by atoms with Gasteiger partial charge in [0, 0.05) is 6.04 Å². The number of nitrogens with one attached hydrogen (secondary N) is 1. The standard InChI is InChI=1S/C8H20N2/c1-8(2)10-7-5-3-4-6-9/h8,10H,3-7,9H2,1-2H3. The van der Waals surface area contributed by atoms with Gasteiger partial charge in [0.2, 0.25) is 0 Å². The van der Waals surface area contributed by atoms with Crippen LogP contribution in [0.4, 0.5) is 0 Å². The van der Waals surface area contributed by atoms with Gasteiger partial charge in [-0.15, -0.1) is 0 Å². The van der Waals surface area contributed by atoms with Crippen LogP contribution in [-0.2, 0) is 0 Å². The summed E-state index contributed by atoms with van der Waals surface area (Å²) in [6.07, 6.45) is 3.69. The van der Waals surface area contributed by atoms with Crippen molar-refractivity contribution in [1.29, 1.82) is 0 Å². The summed E-state index contributed by atoms with van der Waals surface area (Å²) in [7, 11) is 0. The van der Waals surface area contributed by atoms with E-state index in [2.05, 4.69) is 19.2 Å². The predicted octanol–water partition coefficient (Wildman–Crippen LogP) is 1.11. The molecule has 0 aromatic rings. The van der Waals surface area contributed by atoms with Crippen LogP contribution in [0.15, 0.2) is 0 Å². The lowest BCUT2D eigenvalue weighted by Crippen LogP contribution is -2.23. The maximum Gasteiger partial charge on any atom is 0.00103 e. The van der Waals surface area contributed by atoms with E-state index >= 15 is 0 Å². The molecule has 0 aliphatic heterocycles. The lowest BCUT2D eigenvalue weighted by atomic mass is 10.2. The minimum atomic E-state index is 0.623. The number of hydrogen-bond acceptors (Lipinski definition) is 2. The van der Waals surface area contributed by atoms with Gasteiger partial charge in [-0.2, -0.15) is 0 Å². The zero-order valence-electron chi connectivity index (χ0n) is 7.19. The summed E-state index contributed by atoms with van der Waals surface area (Å²) in [6, 6.07) is 0.623. The molecule has 2 heteroatoms. The van der Waals surface area contributed by atoms with Crippen LogP contribution in [-0.4, -0.2) is 19.1 Å². The summed E-state index contributed by atoms with van der Waals surface area (Å²) in [5, 5.41) is 3.36. The Morgan fingerprint density at radius 1 is 1.20 bits per heavy atom. The van der Waals surface area contributed by atoms with Gasteiger partial charge in [-0.3, -0.25) is 0 Å². The van der Waals surface area contributed by atoms with E-state index < -0.39 is 0 Å². The molecular weight excluding hydrogens is 124 g/mol. The molecule has 0 unspecified atom stereocenters. The van der Waals surface area contributed by atoms with E-state index in [1.807, 2.05) is 0 Å². The third kappa shape index (κ3) is 7.92. The minimum absolute atomic E-state index is 0.623. The molecular formula is C8H20N2. The zero-order chi connectivity index (χ0) is 7.82. The fourth-order valence-corrected chi connectivity index (χ4v) is 0.837. The first-order chi connectivity index (χ1) is 4.77. The molecule has 0 saturated heterocycles. The van der Waals surface area contributed by atoms with Gasteiger partial charge in [0.05, 0.1) is 0 Å². The fraction of sp³-hybridized carbons (Fsp3) is 1.00. The van der Waals surface area contributed by atoms with Crippen molar-refractivity contribution in [2.75, 3.05) is 13.1 Å². The molecule has 0 aliphatic carbocycles. The highest BCUT2D eigenvalue weighted by atomic mass is 14.9. The summed E-state index contributed by atoms with van der Waals surface area (Å²) in [5.41, 5.74) is 5.35. The lowest BCUT2D eigenvalue weighted by Gasteiger charge is -2.06. The molecule has 0 radical (unpaired) electrons. The van der Waals surface area contributed by atoms with Crippen molar-refractivity contribution >= 4 is 0 Å². The van der Waals surface area contributed by atoms with Crippen molar-refractivity contribution in [3.63, 3.8) is 0 Å². The number of unbranched alkanes of at least 4 members (excludes halogenated alkanes) is 2. The van der Waals surface area contributed by atoms with Gasteiger partial charge in [-0.1, -0.05) is 20.3 Å². The molecule has 0 heterocycles. The molecule has 10 heavy (non-hydrogen) atoms. The van der Waals surface area contributed by atoms with Crippen LogP contribution in [0.25, 0.3) is 0 Å². The molecule has 0 aromatic heterocycles. The highest BCUT2D eigenvalue weighted by Gasteiger charge is 1.90. The zero-order valence-corrected chi connectivity index (χ0v) is 7.19. The van der Waals surface area contributed by atoms with Gasteiger partial charge in [0.1, 0.15) is 0 Å². The molecule has 2 nitrogen and oxygen atoms in total. The Morgan fingerprint density at radius 2 is 1.90 bits per heavy atom. The topological polar surface area (TPSA) is 38.0 Å². The number of nitrogens with two attached hydrogens (primary N) is 1. The monoisotopic (exact) mass is 144 g/mol. The average molecular weight is 144 g/mol. The highest BCUT2D eigenvalue weighted by Crippen LogP contribution is 1.91. The lowest BCUT2D eigenvalue weighted by molar-refractivity contribution is 0.550. The summed E-state index contributed by atoms with van der Waals surface area (Å²) in [5.74, 6) is 0. The van der Waals surface area contributed by atoms with Crippen LogP contribution in [0, 0.1) is 0 Å². The minimum Gasteiger partial charge on any atom is -0.330 e. The van der Waals surface area contributed by atoms with Gasteiger partial charge in [0.25, 0.3) is 0 Å². The van der Waals surface area contributed by atoms with Crippen LogP contribution in [0.5, 0.6) is 0 Å². The summed E-state index contributed by atoms with van der Waals surface area (Å²) in [4.78, 5) is 0. The van der Waals surface area contributed by atoms with Crippen molar-refractivity contribution in [2.45, 2.75) is 39.2 Å². The Morgan fingerprint density at radius 3 is 2.40 bits per heavy atom. The average Bonchev–Trinajstić information content (AvgIpc) is 1.87. The van der Waals surface area contributed by atoms with Gasteiger partial charge < -0.3 is 11.1 Å². The molecule has 0 fully saturated rings. The van der Waals surface area contributed by atoms with E-state index in [1.165, 1.54) is 19.3 Å². The third-order valence-corrected chi connectivity index (χ3v) is 1.43. The highest BCUT2D eigenvalue weighted by molar-refractivity contribution is 4.52. The van der Waals surface area contributed by atoms with Gasteiger partial charge in [-0.05, 0) is 25.9 Å². The molecule has 0 spiro atoms. The van der Waals surface area contributed by atoms with Crippen molar-refractivity contribution in [3.05, 3.63) is 0 Å². The van der Waals surface area contributed by atoms with Crippen molar-refractivity contribution in [2.24, 2.45) is 5.73 Å². The van der Waals surface area contributed by atoms with Crippen LogP contribution < -0.4 is 11.1 Å². The molecule has 0 rings (SSSR count). The van der Waals surface area contributed by atoms with Crippen molar-refractivity contribution < 1.29 is 0 Å². The van der Waals surface area contributed by atoms with Gasteiger partial charge >= 0.3 is 0 Å². The van der Waals surface area contributed by atoms with Crippen LogP contribution in [0.2, 0.25) is 0 Å². The number of hydrogen-bond donors (Lipinski definition) is 2.